The van der Waals surface area contributed by atoms with Crippen molar-refractivity contribution in [1.29, 1.82) is 0 Å². The van der Waals surface area contributed by atoms with Gasteiger partial charge in [-0.2, -0.15) is 0 Å². The van der Waals surface area contributed by atoms with Crippen LogP contribution in [-0.2, 0) is 22.7 Å². The number of carbonyl (C=O) groups is 3. The molecule has 3 aromatic carbocycles. The van der Waals surface area contributed by atoms with Crippen LogP contribution in [0.3, 0.4) is 0 Å². The van der Waals surface area contributed by atoms with Gasteiger partial charge in [0.2, 0.25) is 5.76 Å². The van der Waals surface area contributed by atoms with Gasteiger partial charge in [0.25, 0.3) is 16.8 Å². The largest absolute Gasteiger partial charge is 0.488 e. The predicted octanol–water partition coefficient (Wildman–Crippen LogP) is 5.94. The van der Waals surface area contributed by atoms with Crippen LogP contribution in [0.2, 0.25) is 0 Å². The molecule has 0 unspecified atom stereocenters. The quantitative estimate of drug-likeness (QED) is 0.114. The fraction of sp³-hybridized carbons (Fsp3) is 0.107. The molecule has 2 heterocycles. The van der Waals surface area contributed by atoms with E-state index in [1.807, 2.05) is 30.3 Å². The number of carbonyl (C=O) groups excluding carboxylic acids is 3. The summed E-state index contributed by atoms with van der Waals surface area (Å²) in [5, 5.41) is 12.3. The second kappa shape index (κ2) is 10.8. The molecule has 1 aliphatic rings. The van der Waals surface area contributed by atoms with Gasteiger partial charge in [0, 0.05) is 17.7 Å². The Kier molecular flexibility index (Phi) is 7.15. The van der Waals surface area contributed by atoms with Gasteiger partial charge in [0.1, 0.15) is 18.1 Å². The number of methoxy groups -OCH3 is 1. The van der Waals surface area contributed by atoms with E-state index < -0.39 is 22.0 Å². The normalized spacial score (nSPS) is 14.3. The third-order valence-corrected chi connectivity index (χ3v) is 6.87. The van der Waals surface area contributed by atoms with Crippen molar-refractivity contribution in [3.8, 4) is 5.75 Å². The highest BCUT2D eigenvalue weighted by atomic mass is 32.2. The van der Waals surface area contributed by atoms with E-state index in [1.54, 1.807) is 24.3 Å². The minimum atomic E-state index is -0.663. The minimum Gasteiger partial charge on any atom is -0.488 e. The number of nitrogens with zero attached hydrogens (tertiary/aromatic N) is 2. The van der Waals surface area contributed by atoms with Gasteiger partial charge < -0.3 is 13.9 Å². The van der Waals surface area contributed by atoms with Crippen molar-refractivity contribution in [1.82, 2.24) is 4.90 Å². The maximum Gasteiger partial charge on any atom is 0.373 e. The van der Waals surface area contributed by atoms with Crippen molar-refractivity contribution in [2.24, 2.45) is 0 Å². The van der Waals surface area contributed by atoms with Crippen LogP contribution in [0.15, 0.2) is 82.1 Å². The number of furan rings is 1. The standard InChI is InChI=1S/C28H20N2O8S/c1-36-27(32)24-12-10-20(38-24)15-29-26(31)25(39-28(29)33)14-22-21-8-3-2-6-18(21)9-11-23(22)37-16-17-5-4-7-19(13-17)30(34)35/h2-14H,15-16H2,1H3/b25-14+. The molecular formula is C28H20N2O8S. The molecule has 5 rings (SSSR count). The van der Waals surface area contributed by atoms with Gasteiger partial charge in [-0.25, -0.2) is 4.79 Å². The zero-order valence-electron chi connectivity index (χ0n) is 20.5. The summed E-state index contributed by atoms with van der Waals surface area (Å²) in [6, 6.07) is 20.2. The summed E-state index contributed by atoms with van der Waals surface area (Å²) >= 11 is 0.785. The number of rotatable bonds is 8. The predicted molar refractivity (Wildman–Crippen MR) is 143 cm³/mol. The molecule has 0 saturated carbocycles. The SMILES string of the molecule is COC(=O)c1ccc(CN2C(=O)S/C(=C/c3c(OCc4cccc([N+](=O)[O-])c4)ccc4ccccc34)C2=O)o1. The number of hydrogen-bond donors (Lipinski definition) is 0. The summed E-state index contributed by atoms with van der Waals surface area (Å²) in [6.45, 7) is -0.0892. The maximum absolute atomic E-state index is 13.2. The highest BCUT2D eigenvalue weighted by Gasteiger charge is 2.36. The van der Waals surface area contributed by atoms with Crippen LogP contribution in [0.1, 0.15) is 27.4 Å². The zero-order valence-corrected chi connectivity index (χ0v) is 21.3. The van der Waals surface area contributed by atoms with Crippen molar-refractivity contribution in [2.45, 2.75) is 13.2 Å². The first-order chi connectivity index (χ1) is 18.8. The number of ether oxygens (including phenoxy) is 2. The van der Waals surface area contributed by atoms with E-state index in [0.29, 0.717) is 16.9 Å². The van der Waals surface area contributed by atoms with Crippen molar-refractivity contribution >= 4 is 51.4 Å². The monoisotopic (exact) mass is 544 g/mol. The van der Waals surface area contributed by atoms with E-state index in [9.17, 15) is 24.5 Å². The minimum absolute atomic E-state index is 0.0312. The molecule has 1 aliphatic heterocycles. The second-order valence-electron chi connectivity index (χ2n) is 8.44. The van der Waals surface area contributed by atoms with Gasteiger partial charge in [-0.3, -0.25) is 24.6 Å². The number of esters is 1. The molecule has 39 heavy (non-hydrogen) atoms. The summed E-state index contributed by atoms with van der Waals surface area (Å²) in [7, 11) is 1.22. The number of non-ortho nitro benzene ring substituents is 1. The zero-order chi connectivity index (χ0) is 27.5. The number of nitro groups is 1. The molecule has 0 radical (unpaired) electrons. The fourth-order valence-electron chi connectivity index (χ4n) is 4.07. The van der Waals surface area contributed by atoms with Gasteiger partial charge in [0.15, 0.2) is 0 Å². The number of thioether (sulfide) groups is 1. The molecule has 0 aliphatic carbocycles. The molecule has 0 bridgehead atoms. The van der Waals surface area contributed by atoms with Gasteiger partial charge >= 0.3 is 5.97 Å². The molecule has 0 N–H and O–H groups in total. The Bertz CT molecular complexity index is 1660. The lowest BCUT2D eigenvalue weighted by molar-refractivity contribution is -0.384. The second-order valence-corrected chi connectivity index (χ2v) is 9.43. The molecule has 11 heteroatoms. The molecule has 1 saturated heterocycles. The molecule has 1 aromatic heterocycles. The Labute approximate surface area is 225 Å². The number of amides is 2. The lowest BCUT2D eigenvalue weighted by atomic mass is 10.0. The molecular weight excluding hydrogens is 524 g/mol. The average molecular weight is 545 g/mol. The maximum atomic E-state index is 13.2. The summed E-state index contributed by atoms with van der Waals surface area (Å²) < 4.78 is 16.1. The third kappa shape index (κ3) is 5.39. The van der Waals surface area contributed by atoms with E-state index >= 15 is 0 Å². The number of hydrogen-bond acceptors (Lipinski definition) is 9. The number of nitro benzene ring substituents is 1. The first-order valence-corrected chi connectivity index (χ1v) is 12.5. The Hall–Kier alpha value is -4.90. The van der Waals surface area contributed by atoms with Crippen LogP contribution >= 0.6 is 11.8 Å². The smallest absolute Gasteiger partial charge is 0.373 e. The van der Waals surface area contributed by atoms with E-state index in [0.717, 1.165) is 27.4 Å². The van der Waals surface area contributed by atoms with Crippen molar-refractivity contribution in [3.63, 3.8) is 0 Å². The van der Waals surface area contributed by atoms with E-state index in [-0.39, 0.29) is 35.3 Å². The van der Waals surface area contributed by atoms with Crippen LogP contribution in [0.5, 0.6) is 5.75 Å². The van der Waals surface area contributed by atoms with Crippen LogP contribution in [0.4, 0.5) is 10.5 Å². The van der Waals surface area contributed by atoms with Crippen LogP contribution in [0.25, 0.3) is 16.8 Å². The topological polar surface area (TPSA) is 129 Å². The lowest BCUT2D eigenvalue weighted by Crippen LogP contribution is -2.27. The number of benzene rings is 3. The molecule has 0 atom stereocenters. The van der Waals surface area contributed by atoms with Gasteiger partial charge in [-0.05, 0) is 52.4 Å². The molecule has 196 valence electrons. The number of fused-ring (bicyclic) bond motifs is 1. The third-order valence-electron chi connectivity index (χ3n) is 5.96. The summed E-state index contributed by atoms with van der Waals surface area (Å²) in [6.07, 6.45) is 1.61. The van der Waals surface area contributed by atoms with Gasteiger partial charge in [-0.1, -0.05) is 42.5 Å². The van der Waals surface area contributed by atoms with Crippen molar-refractivity contribution in [2.75, 3.05) is 7.11 Å². The Balaban J connectivity index is 1.44. The first kappa shape index (κ1) is 25.7. The van der Waals surface area contributed by atoms with Crippen molar-refractivity contribution < 1.29 is 33.2 Å². The summed E-state index contributed by atoms with van der Waals surface area (Å²) in [5.41, 5.74) is 1.15. The van der Waals surface area contributed by atoms with E-state index in [2.05, 4.69) is 4.74 Å². The van der Waals surface area contributed by atoms with Crippen LogP contribution in [-0.4, -0.2) is 34.0 Å². The fourth-order valence-corrected chi connectivity index (χ4v) is 4.89. The molecule has 4 aromatic rings. The van der Waals surface area contributed by atoms with Crippen LogP contribution < -0.4 is 4.74 Å². The van der Waals surface area contributed by atoms with Gasteiger partial charge in [0.05, 0.1) is 23.5 Å². The first-order valence-electron chi connectivity index (χ1n) is 11.6. The Morgan fingerprint density at radius 3 is 2.69 bits per heavy atom. The summed E-state index contributed by atoms with van der Waals surface area (Å²) in [5.74, 6) is -0.510. The highest BCUT2D eigenvalue weighted by molar-refractivity contribution is 8.18. The molecule has 10 nitrogen and oxygen atoms in total. The van der Waals surface area contributed by atoms with Crippen molar-refractivity contribution in [3.05, 3.63) is 110 Å². The Morgan fingerprint density at radius 1 is 1.08 bits per heavy atom. The number of imide groups is 1. The highest BCUT2D eigenvalue weighted by Crippen LogP contribution is 2.38. The molecule has 1 fully saturated rings. The van der Waals surface area contributed by atoms with Crippen LogP contribution in [0, 0.1) is 10.1 Å². The van der Waals surface area contributed by atoms with E-state index in [1.165, 1.54) is 31.4 Å². The van der Waals surface area contributed by atoms with E-state index in [4.69, 9.17) is 9.15 Å². The van der Waals surface area contributed by atoms with Gasteiger partial charge in [-0.15, -0.1) is 0 Å². The molecule has 0 spiro atoms. The molecule has 2 amide bonds. The summed E-state index contributed by atoms with van der Waals surface area (Å²) in [4.78, 5) is 49.5. The lowest BCUT2D eigenvalue weighted by Gasteiger charge is -2.13. The Morgan fingerprint density at radius 2 is 1.90 bits per heavy atom. The average Bonchev–Trinajstić information content (AvgIpc) is 3.52.